The standard InChI is InChI=1S/C34H47N3O8/c1-5-42-34(41)10-8-6-7-9-32(39)35-27-12-14-28-26(16-27)17-33(40)37(24(3)21-38)18-23(2)31(45-28)20-36(4)19-25-11-13-29-30(15-25)44-22-43-29/h11-16,23-24,31,38H,5-10,17-22H2,1-4H3,(H,35,39)/t23-,24-,31+/m1/s1. The van der Waals surface area contributed by atoms with Crippen molar-refractivity contribution in [2.75, 3.05) is 45.5 Å². The Bertz CT molecular complexity index is 1320. The lowest BCUT2D eigenvalue weighted by atomic mass is 10.0. The largest absolute Gasteiger partial charge is 0.488 e. The minimum Gasteiger partial charge on any atom is -0.488 e. The minimum absolute atomic E-state index is 0.0312. The third kappa shape index (κ3) is 9.83. The SMILES string of the molecule is CCOC(=O)CCCCCC(=O)Nc1ccc2c(c1)CC(=O)N([C@H](C)CO)C[C@@H](C)[C@H](CN(C)Cc1ccc3c(c1)OCO3)O2. The van der Waals surface area contributed by atoms with Gasteiger partial charge in [0.25, 0.3) is 0 Å². The number of rotatable bonds is 14. The molecule has 2 aromatic rings. The number of likely N-dealkylation sites (N-methyl/N-ethyl adjacent to an activating group) is 1. The average molecular weight is 626 g/mol. The molecule has 11 heteroatoms. The van der Waals surface area contributed by atoms with Gasteiger partial charge in [-0.25, -0.2) is 0 Å². The molecule has 0 bridgehead atoms. The normalized spacial score (nSPS) is 18.4. The van der Waals surface area contributed by atoms with Crippen LogP contribution in [0.15, 0.2) is 36.4 Å². The van der Waals surface area contributed by atoms with Crippen LogP contribution in [0.5, 0.6) is 17.2 Å². The maximum Gasteiger partial charge on any atom is 0.305 e. The smallest absolute Gasteiger partial charge is 0.305 e. The molecule has 0 saturated carbocycles. The molecule has 2 aliphatic rings. The zero-order chi connectivity index (χ0) is 32.3. The fourth-order valence-electron chi connectivity index (χ4n) is 5.64. The van der Waals surface area contributed by atoms with Crippen molar-refractivity contribution in [3.05, 3.63) is 47.5 Å². The van der Waals surface area contributed by atoms with Gasteiger partial charge in [-0.1, -0.05) is 19.4 Å². The van der Waals surface area contributed by atoms with Gasteiger partial charge in [-0.2, -0.15) is 0 Å². The van der Waals surface area contributed by atoms with Gasteiger partial charge in [0.05, 0.1) is 25.7 Å². The number of nitrogens with zero attached hydrogens (tertiary/aromatic N) is 2. The Balaban J connectivity index is 1.44. The molecule has 0 fully saturated rings. The third-order valence-corrected chi connectivity index (χ3v) is 8.17. The van der Waals surface area contributed by atoms with Crippen LogP contribution < -0.4 is 19.5 Å². The van der Waals surface area contributed by atoms with Crippen molar-refractivity contribution in [2.24, 2.45) is 5.92 Å². The number of aliphatic hydroxyl groups is 1. The lowest BCUT2D eigenvalue weighted by Crippen LogP contribution is -2.47. The first-order valence-corrected chi connectivity index (χ1v) is 15.9. The quantitative estimate of drug-likeness (QED) is 0.235. The van der Waals surface area contributed by atoms with Crippen molar-refractivity contribution < 1.29 is 38.4 Å². The van der Waals surface area contributed by atoms with Gasteiger partial charge in [-0.15, -0.1) is 0 Å². The highest BCUT2D eigenvalue weighted by atomic mass is 16.7. The molecule has 0 spiro atoms. The van der Waals surface area contributed by atoms with Crippen LogP contribution in [0.3, 0.4) is 0 Å². The molecule has 2 aromatic carbocycles. The van der Waals surface area contributed by atoms with E-state index >= 15 is 0 Å². The van der Waals surface area contributed by atoms with Crippen LogP contribution in [-0.2, 0) is 32.1 Å². The number of anilines is 1. The van der Waals surface area contributed by atoms with Gasteiger partial charge in [-0.05, 0) is 69.6 Å². The van der Waals surface area contributed by atoms with Crippen molar-refractivity contribution in [2.45, 2.75) is 78.0 Å². The van der Waals surface area contributed by atoms with E-state index in [4.69, 9.17) is 18.9 Å². The van der Waals surface area contributed by atoms with Crippen LogP contribution in [-0.4, -0.2) is 85.0 Å². The lowest BCUT2D eigenvalue weighted by molar-refractivity contribution is -0.143. The number of nitrogens with one attached hydrogen (secondary N) is 1. The summed E-state index contributed by atoms with van der Waals surface area (Å²) in [6, 6.07) is 11.0. The zero-order valence-corrected chi connectivity index (χ0v) is 26.9. The molecular weight excluding hydrogens is 578 g/mol. The maximum absolute atomic E-state index is 13.5. The first kappa shape index (κ1) is 34.1. The van der Waals surface area contributed by atoms with E-state index in [-0.39, 0.29) is 55.7 Å². The highest BCUT2D eigenvalue weighted by Gasteiger charge is 2.31. The Labute approximate surface area is 265 Å². The lowest BCUT2D eigenvalue weighted by Gasteiger charge is -2.34. The second-order valence-corrected chi connectivity index (χ2v) is 12.0. The van der Waals surface area contributed by atoms with Gasteiger partial charge in [0.1, 0.15) is 11.9 Å². The molecule has 246 valence electrons. The summed E-state index contributed by atoms with van der Waals surface area (Å²) in [5.74, 6) is 1.61. The van der Waals surface area contributed by atoms with E-state index in [1.165, 1.54) is 0 Å². The Hall–Kier alpha value is -3.83. The first-order valence-electron chi connectivity index (χ1n) is 15.9. The first-order chi connectivity index (χ1) is 21.7. The number of fused-ring (bicyclic) bond motifs is 2. The minimum atomic E-state index is -0.347. The highest BCUT2D eigenvalue weighted by Crippen LogP contribution is 2.33. The van der Waals surface area contributed by atoms with Gasteiger partial charge in [0, 0.05) is 49.6 Å². The van der Waals surface area contributed by atoms with Crippen molar-refractivity contribution in [1.29, 1.82) is 0 Å². The molecule has 11 nitrogen and oxygen atoms in total. The van der Waals surface area contributed by atoms with Crippen molar-refractivity contribution in [3.63, 3.8) is 0 Å². The number of hydrogen-bond donors (Lipinski definition) is 2. The second-order valence-electron chi connectivity index (χ2n) is 12.0. The van der Waals surface area contributed by atoms with E-state index in [0.717, 1.165) is 23.5 Å². The maximum atomic E-state index is 13.5. The summed E-state index contributed by atoms with van der Waals surface area (Å²) in [6.07, 6.45) is 2.60. The van der Waals surface area contributed by atoms with Crippen LogP contribution in [0.1, 0.15) is 64.0 Å². The van der Waals surface area contributed by atoms with Crippen LogP contribution in [0.4, 0.5) is 5.69 Å². The monoisotopic (exact) mass is 625 g/mol. The van der Waals surface area contributed by atoms with Gasteiger partial charge >= 0.3 is 5.97 Å². The number of carbonyl (C=O) groups excluding carboxylic acids is 3. The molecule has 2 amide bonds. The third-order valence-electron chi connectivity index (χ3n) is 8.17. The van der Waals surface area contributed by atoms with Crippen LogP contribution >= 0.6 is 0 Å². The fourth-order valence-corrected chi connectivity index (χ4v) is 5.64. The number of amides is 2. The summed E-state index contributed by atoms with van der Waals surface area (Å²) in [4.78, 5) is 41.6. The summed E-state index contributed by atoms with van der Waals surface area (Å²) >= 11 is 0. The van der Waals surface area contributed by atoms with E-state index in [1.54, 1.807) is 24.0 Å². The molecule has 0 unspecified atom stereocenters. The molecule has 2 heterocycles. The van der Waals surface area contributed by atoms with E-state index in [9.17, 15) is 19.5 Å². The van der Waals surface area contributed by atoms with Gasteiger partial charge in [0.15, 0.2) is 11.5 Å². The summed E-state index contributed by atoms with van der Waals surface area (Å²) in [5.41, 5.74) is 2.36. The second kappa shape index (κ2) is 16.5. The molecule has 2 aliphatic heterocycles. The number of aliphatic hydroxyl groups excluding tert-OH is 1. The number of esters is 1. The number of unbranched alkanes of at least 4 members (excludes halogenated alkanes) is 2. The summed E-state index contributed by atoms with van der Waals surface area (Å²) in [5, 5.41) is 12.9. The van der Waals surface area contributed by atoms with E-state index in [2.05, 4.69) is 17.1 Å². The molecular formula is C34H47N3O8. The summed E-state index contributed by atoms with van der Waals surface area (Å²) in [7, 11) is 2.03. The number of hydrogen-bond acceptors (Lipinski definition) is 9. The molecule has 0 radical (unpaired) electrons. The molecule has 4 rings (SSSR count). The summed E-state index contributed by atoms with van der Waals surface area (Å²) < 4.78 is 22.6. The molecule has 0 aliphatic carbocycles. The van der Waals surface area contributed by atoms with Crippen molar-refractivity contribution in [1.82, 2.24) is 9.80 Å². The Morgan fingerprint density at radius 1 is 1.09 bits per heavy atom. The molecule has 0 aromatic heterocycles. The Morgan fingerprint density at radius 3 is 2.62 bits per heavy atom. The van der Waals surface area contributed by atoms with E-state index in [1.807, 2.05) is 38.2 Å². The predicted octanol–water partition coefficient (Wildman–Crippen LogP) is 4.15. The van der Waals surface area contributed by atoms with Crippen LogP contribution in [0.25, 0.3) is 0 Å². The topological polar surface area (TPSA) is 127 Å². The summed E-state index contributed by atoms with van der Waals surface area (Å²) in [6.45, 7) is 7.85. The molecule has 45 heavy (non-hydrogen) atoms. The van der Waals surface area contributed by atoms with Gasteiger partial charge in [0.2, 0.25) is 18.6 Å². The number of carbonyl (C=O) groups is 3. The number of benzene rings is 2. The van der Waals surface area contributed by atoms with Crippen molar-refractivity contribution >= 4 is 23.5 Å². The Kier molecular flexibility index (Phi) is 12.5. The average Bonchev–Trinajstić information content (AvgIpc) is 3.48. The zero-order valence-electron chi connectivity index (χ0n) is 26.9. The number of ether oxygens (including phenoxy) is 4. The van der Waals surface area contributed by atoms with Gasteiger partial charge in [-0.3, -0.25) is 19.3 Å². The highest BCUT2D eigenvalue weighted by molar-refractivity contribution is 5.91. The molecule has 3 atom stereocenters. The fraction of sp³-hybridized carbons (Fsp3) is 0.559. The van der Waals surface area contributed by atoms with E-state index in [0.29, 0.717) is 68.9 Å². The van der Waals surface area contributed by atoms with Crippen molar-refractivity contribution in [3.8, 4) is 17.2 Å². The Morgan fingerprint density at radius 2 is 1.84 bits per heavy atom. The predicted molar refractivity (Wildman–Crippen MR) is 169 cm³/mol. The van der Waals surface area contributed by atoms with Gasteiger partial charge < -0.3 is 34.3 Å². The van der Waals surface area contributed by atoms with Crippen LogP contribution in [0.2, 0.25) is 0 Å². The molecule has 2 N–H and O–H groups in total. The van der Waals surface area contributed by atoms with Crippen LogP contribution in [0, 0.1) is 5.92 Å². The molecule has 0 saturated heterocycles. The van der Waals surface area contributed by atoms with E-state index < -0.39 is 0 Å².